The molecular formula is C26H39N5O3. The zero-order chi connectivity index (χ0) is 24.7. The maximum absolute atomic E-state index is 12.8. The summed E-state index contributed by atoms with van der Waals surface area (Å²) in [6.45, 7) is 12.4. The van der Waals surface area contributed by atoms with E-state index in [1.165, 1.54) is 5.56 Å². The molecule has 1 saturated heterocycles. The fourth-order valence-corrected chi connectivity index (χ4v) is 4.34. The number of likely N-dealkylation sites (tertiary alicyclic amines) is 1. The molecule has 1 aromatic heterocycles. The summed E-state index contributed by atoms with van der Waals surface area (Å²) in [5.41, 5.74) is 3.73. The van der Waals surface area contributed by atoms with Gasteiger partial charge in [-0.15, -0.1) is 0 Å². The van der Waals surface area contributed by atoms with Crippen LogP contribution >= 0.6 is 0 Å². The molecule has 8 nitrogen and oxygen atoms in total. The molecule has 8 heteroatoms. The summed E-state index contributed by atoms with van der Waals surface area (Å²) in [6.07, 6.45) is 2.69. The Kier molecular flexibility index (Phi) is 8.72. The Bertz CT molecular complexity index is 965. The zero-order valence-electron chi connectivity index (χ0n) is 21.2. The summed E-state index contributed by atoms with van der Waals surface area (Å²) in [7, 11) is 0. The number of carbonyl (C=O) groups is 2. The Morgan fingerprint density at radius 2 is 1.85 bits per heavy atom. The third-order valence-electron chi connectivity index (χ3n) is 6.15. The first kappa shape index (κ1) is 25.7. The van der Waals surface area contributed by atoms with Crippen LogP contribution in [0.5, 0.6) is 0 Å². The van der Waals surface area contributed by atoms with Crippen molar-refractivity contribution in [3.05, 3.63) is 52.8 Å². The van der Waals surface area contributed by atoms with Gasteiger partial charge in [-0.2, -0.15) is 5.10 Å². The predicted molar refractivity (Wildman–Crippen MR) is 133 cm³/mol. The normalized spacial score (nSPS) is 16.8. The van der Waals surface area contributed by atoms with Gasteiger partial charge < -0.3 is 15.4 Å². The molecule has 2 amide bonds. The quantitative estimate of drug-likeness (QED) is 0.617. The van der Waals surface area contributed by atoms with E-state index >= 15 is 0 Å². The topological polar surface area (TPSA) is 88.5 Å². The Hall–Kier alpha value is -2.87. The van der Waals surface area contributed by atoms with Gasteiger partial charge in [0.15, 0.2) is 0 Å². The molecule has 0 spiro atoms. The van der Waals surface area contributed by atoms with Gasteiger partial charge in [-0.1, -0.05) is 36.8 Å². The maximum Gasteiger partial charge on any atom is 0.407 e. The number of amides is 2. The number of carbonyl (C=O) groups excluding carboxylic acids is 2. The summed E-state index contributed by atoms with van der Waals surface area (Å²) in [5.74, 6) is -0.0150. The number of nitrogens with one attached hydrogen (secondary N) is 2. The number of benzene rings is 1. The highest BCUT2D eigenvalue weighted by Crippen LogP contribution is 2.17. The second-order valence-corrected chi connectivity index (χ2v) is 10.1. The highest BCUT2D eigenvalue weighted by Gasteiger charge is 2.26. The number of hydrogen-bond donors (Lipinski definition) is 2. The molecule has 0 saturated carbocycles. The molecule has 2 heterocycles. The van der Waals surface area contributed by atoms with E-state index in [1.54, 1.807) is 0 Å². The molecule has 2 aromatic rings. The van der Waals surface area contributed by atoms with E-state index < -0.39 is 11.7 Å². The fourth-order valence-electron chi connectivity index (χ4n) is 4.34. The van der Waals surface area contributed by atoms with Crippen LogP contribution in [0.15, 0.2) is 30.3 Å². The van der Waals surface area contributed by atoms with Gasteiger partial charge in [0, 0.05) is 30.4 Å². The molecule has 3 rings (SSSR count). The number of rotatable bonds is 8. The van der Waals surface area contributed by atoms with E-state index in [1.807, 2.05) is 57.5 Å². The Morgan fingerprint density at radius 1 is 1.12 bits per heavy atom. The molecular weight excluding hydrogens is 430 g/mol. The Labute approximate surface area is 203 Å². The van der Waals surface area contributed by atoms with E-state index in [-0.39, 0.29) is 11.9 Å². The SMILES string of the molecule is Cc1nn(Cc2ccccc2)c(C)c1CNC(=O)CN1CCCC[C@H]1CNC(=O)OC(C)(C)C. The number of aromatic nitrogens is 2. The first-order valence-electron chi connectivity index (χ1n) is 12.2. The van der Waals surface area contributed by atoms with E-state index in [9.17, 15) is 9.59 Å². The minimum absolute atomic E-state index is 0.0150. The molecule has 0 aliphatic carbocycles. The number of aryl methyl sites for hydroxylation is 1. The average Bonchev–Trinajstić information content (AvgIpc) is 3.03. The first-order valence-corrected chi connectivity index (χ1v) is 12.2. The van der Waals surface area contributed by atoms with Crippen LogP contribution in [0.25, 0.3) is 0 Å². The minimum atomic E-state index is -0.526. The predicted octanol–water partition coefficient (Wildman–Crippen LogP) is 3.54. The fraction of sp³-hybridized carbons (Fsp3) is 0.577. The second-order valence-electron chi connectivity index (χ2n) is 10.1. The van der Waals surface area contributed by atoms with Crippen molar-refractivity contribution in [3.63, 3.8) is 0 Å². The second kappa shape index (κ2) is 11.5. The lowest BCUT2D eigenvalue weighted by atomic mass is 10.0. The van der Waals surface area contributed by atoms with Gasteiger partial charge in [-0.25, -0.2) is 4.79 Å². The van der Waals surface area contributed by atoms with Gasteiger partial charge in [0.25, 0.3) is 0 Å². The van der Waals surface area contributed by atoms with Crippen molar-refractivity contribution in [2.45, 2.75) is 78.6 Å². The first-order chi connectivity index (χ1) is 16.1. The third-order valence-corrected chi connectivity index (χ3v) is 6.15. The highest BCUT2D eigenvalue weighted by atomic mass is 16.6. The minimum Gasteiger partial charge on any atom is -0.444 e. The molecule has 0 unspecified atom stereocenters. The zero-order valence-corrected chi connectivity index (χ0v) is 21.2. The summed E-state index contributed by atoms with van der Waals surface area (Å²) < 4.78 is 7.33. The van der Waals surface area contributed by atoms with Gasteiger partial charge in [-0.3, -0.25) is 14.4 Å². The van der Waals surface area contributed by atoms with Crippen LogP contribution in [0.3, 0.4) is 0 Å². The monoisotopic (exact) mass is 469 g/mol. The molecule has 34 heavy (non-hydrogen) atoms. The van der Waals surface area contributed by atoms with Gasteiger partial charge in [-0.05, 0) is 59.6 Å². The van der Waals surface area contributed by atoms with Gasteiger partial charge in [0.1, 0.15) is 5.60 Å². The molecule has 0 radical (unpaired) electrons. The van der Waals surface area contributed by atoms with Crippen LogP contribution in [0.1, 0.15) is 62.5 Å². The summed E-state index contributed by atoms with van der Waals surface area (Å²) in [6, 6.07) is 10.4. The van der Waals surface area contributed by atoms with Crippen LogP contribution in [-0.4, -0.2) is 58.0 Å². The van der Waals surface area contributed by atoms with Crippen molar-refractivity contribution in [2.75, 3.05) is 19.6 Å². The van der Waals surface area contributed by atoms with Crippen LogP contribution in [0, 0.1) is 13.8 Å². The number of piperidine rings is 1. The summed E-state index contributed by atoms with van der Waals surface area (Å²) in [4.78, 5) is 27.0. The van der Waals surface area contributed by atoms with E-state index in [0.29, 0.717) is 26.2 Å². The number of hydrogen-bond acceptors (Lipinski definition) is 5. The lowest BCUT2D eigenvalue weighted by Crippen LogP contribution is -2.50. The van der Waals surface area contributed by atoms with Crippen LogP contribution in [0.4, 0.5) is 4.79 Å². The van der Waals surface area contributed by atoms with Crippen molar-refractivity contribution >= 4 is 12.0 Å². The van der Waals surface area contributed by atoms with Gasteiger partial charge in [0.05, 0.1) is 18.8 Å². The number of alkyl carbamates (subject to hydrolysis) is 1. The van der Waals surface area contributed by atoms with Crippen molar-refractivity contribution in [2.24, 2.45) is 0 Å². The molecule has 1 aliphatic rings. The lowest BCUT2D eigenvalue weighted by Gasteiger charge is -2.35. The molecule has 1 atom stereocenters. The number of ether oxygens (including phenoxy) is 1. The summed E-state index contributed by atoms with van der Waals surface area (Å²) in [5, 5.41) is 10.6. The van der Waals surface area contributed by atoms with Crippen LogP contribution < -0.4 is 10.6 Å². The average molecular weight is 470 g/mol. The van der Waals surface area contributed by atoms with Crippen molar-refractivity contribution < 1.29 is 14.3 Å². The van der Waals surface area contributed by atoms with E-state index in [4.69, 9.17) is 4.74 Å². The van der Waals surface area contributed by atoms with Gasteiger partial charge in [0.2, 0.25) is 5.91 Å². The largest absolute Gasteiger partial charge is 0.444 e. The molecule has 1 fully saturated rings. The van der Waals surface area contributed by atoms with Crippen LogP contribution in [-0.2, 0) is 22.6 Å². The smallest absolute Gasteiger partial charge is 0.407 e. The number of nitrogens with zero attached hydrogens (tertiary/aromatic N) is 3. The molecule has 2 N–H and O–H groups in total. The van der Waals surface area contributed by atoms with Crippen molar-refractivity contribution in [1.82, 2.24) is 25.3 Å². The standard InChI is InChI=1S/C26H39N5O3/c1-19-23(20(2)31(29-19)17-21-11-7-6-8-12-21)16-27-24(32)18-30-14-10-9-13-22(30)15-28-25(33)34-26(3,4)5/h6-8,11-12,22H,9-10,13-18H2,1-5H3,(H,27,32)(H,28,33)/t22-/m0/s1. The molecule has 186 valence electrons. The van der Waals surface area contributed by atoms with E-state index in [0.717, 1.165) is 42.8 Å². The lowest BCUT2D eigenvalue weighted by molar-refractivity contribution is -0.123. The molecule has 1 aliphatic heterocycles. The molecule has 1 aromatic carbocycles. The van der Waals surface area contributed by atoms with E-state index in [2.05, 4.69) is 32.8 Å². The van der Waals surface area contributed by atoms with Crippen LogP contribution in [0.2, 0.25) is 0 Å². The van der Waals surface area contributed by atoms with Crippen molar-refractivity contribution in [1.29, 1.82) is 0 Å². The summed E-state index contributed by atoms with van der Waals surface area (Å²) >= 11 is 0. The van der Waals surface area contributed by atoms with Gasteiger partial charge >= 0.3 is 6.09 Å². The van der Waals surface area contributed by atoms with Crippen molar-refractivity contribution in [3.8, 4) is 0 Å². The third kappa shape index (κ3) is 7.58. The Balaban J connectivity index is 1.52. The maximum atomic E-state index is 12.8. The Morgan fingerprint density at radius 3 is 2.56 bits per heavy atom. The highest BCUT2D eigenvalue weighted by molar-refractivity contribution is 5.78. The molecule has 0 bridgehead atoms.